The summed E-state index contributed by atoms with van der Waals surface area (Å²) >= 11 is 3.49. The van der Waals surface area contributed by atoms with Crippen molar-refractivity contribution in [2.24, 2.45) is 4.99 Å². The fourth-order valence-corrected chi connectivity index (χ4v) is 3.11. The Hall–Kier alpha value is -2.41. The van der Waals surface area contributed by atoms with Crippen LogP contribution in [0.2, 0.25) is 0 Å². The summed E-state index contributed by atoms with van der Waals surface area (Å²) < 4.78 is 15.9. The third kappa shape index (κ3) is 2.68. The Labute approximate surface area is 140 Å². The van der Waals surface area contributed by atoms with Crippen molar-refractivity contribution in [1.29, 1.82) is 0 Å². The topological polar surface area (TPSA) is 56.0 Å². The molecule has 114 valence electrons. The van der Waals surface area contributed by atoms with Crippen LogP contribution in [0.15, 0.2) is 58.0 Å². The average molecular weight is 372 g/mol. The summed E-state index contributed by atoms with van der Waals surface area (Å²) in [6.07, 6.45) is 0.639. The lowest BCUT2D eigenvalue weighted by Gasteiger charge is -2.23. The van der Waals surface area contributed by atoms with E-state index >= 15 is 0 Å². The van der Waals surface area contributed by atoms with Crippen molar-refractivity contribution >= 4 is 27.6 Å². The van der Waals surface area contributed by atoms with Crippen molar-refractivity contribution in [3.05, 3.63) is 69.9 Å². The van der Waals surface area contributed by atoms with E-state index in [4.69, 9.17) is 0 Å². The van der Waals surface area contributed by atoms with E-state index in [1.165, 1.54) is 12.1 Å². The van der Waals surface area contributed by atoms with Crippen molar-refractivity contribution in [3.63, 3.8) is 0 Å². The van der Waals surface area contributed by atoms with Gasteiger partial charge >= 0.3 is 0 Å². The number of hydrogen-bond acceptors (Lipinski definition) is 4. The molecule has 0 bridgehead atoms. The van der Waals surface area contributed by atoms with Crippen molar-refractivity contribution < 1.29 is 4.39 Å². The normalized spacial score (nSPS) is 16.8. The second-order valence-corrected chi connectivity index (χ2v) is 6.18. The zero-order valence-corrected chi connectivity index (χ0v) is 13.5. The molecule has 0 N–H and O–H groups in total. The molecule has 5 nitrogen and oxygen atoms in total. The molecule has 0 fully saturated rings. The summed E-state index contributed by atoms with van der Waals surface area (Å²) in [5.41, 5.74) is 2.81. The number of aromatic nitrogens is 4. The molecule has 0 saturated heterocycles. The van der Waals surface area contributed by atoms with Gasteiger partial charge in [-0.2, -0.15) is 0 Å². The number of aliphatic imine (C=N–C) groups is 1. The van der Waals surface area contributed by atoms with Gasteiger partial charge in [-0.1, -0.05) is 45.3 Å². The maximum atomic E-state index is 13.1. The minimum absolute atomic E-state index is 0.0462. The van der Waals surface area contributed by atoms with E-state index in [1.807, 2.05) is 24.3 Å². The van der Waals surface area contributed by atoms with Gasteiger partial charge in [0.1, 0.15) is 5.82 Å². The first-order chi connectivity index (χ1) is 11.2. The lowest BCUT2D eigenvalue weighted by Crippen LogP contribution is -2.21. The largest absolute Gasteiger partial charge is 0.269 e. The van der Waals surface area contributed by atoms with E-state index in [-0.39, 0.29) is 11.9 Å². The lowest BCUT2D eigenvalue weighted by molar-refractivity contribution is 0.514. The Balaban J connectivity index is 1.79. The highest BCUT2D eigenvalue weighted by molar-refractivity contribution is 9.10. The molecule has 0 aliphatic carbocycles. The zero-order chi connectivity index (χ0) is 15.8. The van der Waals surface area contributed by atoms with Crippen LogP contribution in [-0.2, 0) is 0 Å². The molecule has 0 spiro atoms. The molecular weight excluding hydrogens is 361 g/mol. The predicted molar refractivity (Wildman–Crippen MR) is 87.3 cm³/mol. The average Bonchev–Trinajstić information content (AvgIpc) is 3.03. The molecular formula is C16H11BrFN5. The number of benzene rings is 2. The molecule has 1 aromatic heterocycles. The molecule has 2 heterocycles. The number of nitrogens with zero attached hydrogens (tertiary/aromatic N) is 5. The third-order valence-corrected chi connectivity index (χ3v) is 4.30. The second kappa shape index (κ2) is 5.66. The van der Waals surface area contributed by atoms with Crippen molar-refractivity contribution in [2.45, 2.75) is 12.5 Å². The number of halogens is 2. The van der Waals surface area contributed by atoms with Crippen molar-refractivity contribution in [1.82, 2.24) is 20.2 Å². The fourth-order valence-electron chi connectivity index (χ4n) is 2.70. The van der Waals surface area contributed by atoms with Crippen LogP contribution in [0.25, 0.3) is 0 Å². The van der Waals surface area contributed by atoms with Crippen molar-refractivity contribution in [2.75, 3.05) is 0 Å². The summed E-state index contributed by atoms with van der Waals surface area (Å²) in [6.45, 7) is 0. The molecule has 0 radical (unpaired) electrons. The van der Waals surface area contributed by atoms with E-state index in [2.05, 4.69) is 36.4 Å². The molecule has 3 aromatic rings. The molecule has 0 saturated carbocycles. The Morgan fingerprint density at radius 1 is 1.13 bits per heavy atom. The molecule has 1 aliphatic heterocycles. The van der Waals surface area contributed by atoms with Crippen LogP contribution >= 0.6 is 15.9 Å². The molecule has 2 aromatic carbocycles. The SMILES string of the molecule is Fc1ccc(C2=Nc3nnnn3C(c3cccc(Br)c3)C2)cc1. The van der Waals surface area contributed by atoms with Gasteiger partial charge in [0.05, 0.1) is 11.8 Å². The van der Waals surface area contributed by atoms with Gasteiger partial charge in [-0.3, -0.25) is 0 Å². The van der Waals surface area contributed by atoms with Crippen LogP contribution in [0.4, 0.5) is 10.3 Å². The van der Waals surface area contributed by atoms with E-state index in [0.29, 0.717) is 12.4 Å². The monoisotopic (exact) mass is 371 g/mol. The quantitative estimate of drug-likeness (QED) is 0.690. The Morgan fingerprint density at radius 2 is 1.96 bits per heavy atom. The minimum atomic E-state index is -0.265. The molecule has 4 rings (SSSR count). The van der Waals surface area contributed by atoms with Crippen LogP contribution in [0.3, 0.4) is 0 Å². The first-order valence-electron chi connectivity index (χ1n) is 7.07. The first kappa shape index (κ1) is 14.2. The molecule has 1 atom stereocenters. The second-order valence-electron chi connectivity index (χ2n) is 5.26. The van der Waals surface area contributed by atoms with Gasteiger partial charge in [0.15, 0.2) is 0 Å². The van der Waals surface area contributed by atoms with E-state index < -0.39 is 0 Å². The van der Waals surface area contributed by atoms with Gasteiger partial charge < -0.3 is 0 Å². The summed E-state index contributed by atoms with van der Waals surface area (Å²) in [5.74, 6) is 0.194. The van der Waals surface area contributed by atoms with Gasteiger partial charge in [0.25, 0.3) is 5.95 Å². The van der Waals surface area contributed by atoms with Gasteiger partial charge in [-0.25, -0.2) is 14.1 Å². The van der Waals surface area contributed by atoms with Crippen LogP contribution in [0.5, 0.6) is 0 Å². The predicted octanol–water partition coefficient (Wildman–Crippen LogP) is 3.69. The third-order valence-electron chi connectivity index (χ3n) is 3.80. The maximum absolute atomic E-state index is 13.1. The Bertz CT molecular complexity index is 887. The highest BCUT2D eigenvalue weighted by Crippen LogP contribution is 2.32. The number of fused-ring (bicyclic) bond motifs is 1. The molecule has 1 aliphatic rings. The van der Waals surface area contributed by atoms with Crippen LogP contribution in [-0.4, -0.2) is 25.9 Å². The highest BCUT2D eigenvalue weighted by Gasteiger charge is 2.27. The van der Waals surface area contributed by atoms with Crippen LogP contribution in [0, 0.1) is 5.82 Å². The zero-order valence-electron chi connectivity index (χ0n) is 11.9. The lowest BCUT2D eigenvalue weighted by atomic mass is 9.96. The maximum Gasteiger partial charge on any atom is 0.269 e. The Morgan fingerprint density at radius 3 is 2.74 bits per heavy atom. The number of rotatable bonds is 2. The van der Waals surface area contributed by atoms with Gasteiger partial charge in [0, 0.05) is 10.9 Å². The van der Waals surface area contributed by atoms with E-state index in [1.54, 1.807) is 16.8 Å². The molecule has 0 amide bonds. The smallest absolute Gasteiger partial charge is 0.214 e. The Kier molecular flexibility index (Phi) is 3.49. The summed E-state index contributed by atoms with van der Waals surface area (Å²) in [4.78, 5) is 4.51. The molecule has 23 heavy (non-hydrogen) atoms. The molecule has 1 unspecified atom stereocenters. The standard InChI is InChI=1S/C16H11BrFN5/c17-12-3-1-2-11(8-12)15-9-14(10-4-6-13(18)7-5-10)19-16-20-21-22-23(15)16/h1-8,15H,9H2. The summed E-state index contributed by atoms with van der Waals surface area (Å²) in [7, 11) is 0. The highest BCUT2D eigenvalue weighted by atomic mass is 79.9. The molecule has 7 heteroatoms. The van der Waals surface area contributed by atoms with Gasteiger partial charge in [-0.05, 0) is 45.8 Å². The van der Waals surface area contributed by atoms with E-state index in [9.17, 15) is 4.39 Å². The summed E-state index contributed by atoms with van der Waals surface area (Å²) in [6, 6.07) is 14.3. The van der Waals surface area contributed by atoms with Gasteiger partial charge in [-0.15, -0.1) is 0 Å². The van der Waals surface area contributed by atoms with Crippen LogP contribution < -0.4 is 0 Å². The minimum Gasteiger partial charge on any atom is -0.214 e. The number of tetrazole rings is 1. The summed E-state index contributed by atoms with van der Waals surface area (Å²) in [5, 5.41) is 11.8. The van der Waals surface area contributed by atoms with Crippen molar-refractivity contribution in [3.8, 4) is 0 Å². The van der Waals surface area contributed by atoms with Crippen LogP contribution in [0.1, 0.15) is 23.6 Å². The first-order valence-corrected chi connectivity index (χ1v) is 7.87. The van der Waals surface area contributed by atoms with Gasteiger partial charge in [0.2, 0.25) is 0 Å². The van der Waals surface area contributed by atoms with E-state index in [0.717, 1.165) is 21.3 Å². The number of hydrogen-bond donors (Lipinski definition) is 0. The fraction of sp³-hybridized carbons (Fsp3) is 0.125.